The lowest BCUT2D eigenvalue weighted by Crippen LogP contribution is -2.35. The highest BCUT2D eigenvalue weighted by Crippen LogP contribution is 2.39. The predicted octanol–water partition coefficient (Wildman–Crippen LogP) is 7.17. The second kappa shape index (κ2) is 10.7. The van der Waals surface area contributed by atoms with Crippen molar-refractivity contribution in [3.63, 3.8) is 0 Å². The Labute approximate surface area is 243 Å². The van der Waals surface area contributed by atoms with Crippen LogP contribution in [-0.4, -0.2) is 34.1 Å². The summed E-state index contributed by atoms with van der Waals surface area (Å²) in [5.74, 6) is 0.523. The van der Waals surface area contributed by atoms with E-state index in [1.165, 1.54) is 16.8 Å². The number of amidine groups is 2. The molecular weight excluding hydrogens is 588 g/mol. The Bertz CT molecular complexity index is 1770. The van der Waals surface area contributed by atoms with Crippen LogP contribution in [0.4, 0.5) is 0 Å². The SMILES string of the molecule is COc1cc(C=C2C(=N)N3N=C(c4ccc(C)cc4)SC3=NC2=O)cc(Br)c1OCc1cccc2ccccc12. The topological polar surface area (TPSA) is 87.3 Å². The molecule has 0 spiro atoms. The summed E-state index contributed by atoms with van der Waals surface area (Å²) < 4.78 is 12.5. The fourth-order valence-electron chi connectivity index (χ4n) is 4.50. The van der Waals surface area contributed by atoms with Crippen molar-refractivity contribution in [1.29, 1.82) is 5.41 Å². The first kappa shape index (κ1) is 26.0. The van der Waals surface area contributed by atoms with E-state index in [1.54, 1.807) is 19.3 Å². The molecular formula is C31H23BrN4O3S. The molecule has 9 heteroatoms. The molecule has 198 valence electrons. The summed E-state index contributed by atoms with van der Waals surface area (Å²) in [7, 11) is 1.57. The summed E-state index contributed by atoms with van der Waals surface area (Å²) in [5.41, 5.74) is 3.90. The molecule has 2 heterocycles. The van der Waals surface area contributed by atoms with Crippen molar-refractivity contribution < 1.29 is 14.3 Å². The minimum atomic E-state index is -0.490. The zero-order chi connectivity index (χ0) is 27.8. The number of amides is 1. The normalized spacial score (nSPS) is 15.8. The molecule has 0 aliphatic carbocycles. The van der Waals surface area contributed by atoms with Gasteiger partial charge in [-0.05, 0) is 74.7 Å². The molecule has 0 saturated heterocycles. The smallest absolute Gasteiger partial charge is 0.283 e. The minimum Gasteiger partial charge on any atom is -0.493 e. The van der Waals surface area contributed by atoms with Crippen LogP contribution in [0.15, 0.2) is 99.0 Å². The van der Waals surface area contributed by atoms with Crippen LogP contribution >= 0.6 is 27.7 Å². The monoisotopic (exact) mass is 610 g/mol. The predicted molar refractivity (Wildman–Crippen MR) is 164 cm³/mol. The molecule has 2 aliphatic heterocycles. The van der Waals surface area contributed by atoms with Gasteiger partial charge in [0.2, 0.25) is 5.17 Å². The lowest BCUT2D eigenvalue weighted by molar-refractivity contribution is -0.114. The fourth-order valence-corrected chi connectivity index (χ4v) is 5.97. The van der Waals surface area contributed by atoms with Gasteiger partial charge in [0.25, 0.3) is 5.91 Å². The number of hydrazone groups is 1. The number of halogens is 1. The maximum absolute atomic E-state index is 13.0. The molecule has 4 aromatic carbocycles. The van der Waals surface area contributed by atoms with E-state index in [1.807, 2.05) is 61.5 Å². The van der Waals surface area contributed by atoms with E-state index >= 15 is 0 Å². The van der Waals surface area contributed by atoms with Gasteiger partial charge < -0.3 is 9.47 Å². The molecule has 0 saturated carbocycles. The van der Waals surface area contributed by atoms with Crippen LogP contribution in [0.5, 0.6) is 11.5 Å². The number of thioether (sulfide) groups is 1. The number of nitrogens with zero attached hydrogens (tertiary/aromatic N) is 3. The van der Waals surface area contributed by atoms with Gasteiger partial charge in [0.15, 0.2) is 17.3 Å². The number of carbonyl (C=O) groups is 1. The summed E-state index contributed by atoms with van der Waals surface area (Å²) >= 11 is 4.88. The Morgan fingerprint density at radius 2 is 1.82 bits per heavy atom. The standard InChI is InChI=1S/C31H23BrN4O3S/c1-18-10-12-21(13-11-18)30-35-36-28(33)24(29(37)34-31(36)40-30)14-19-15-25(32)27(26(16-19)38-2)39-17-22-8-5-7-20-6-3-4-9-23(20)22/h3-16,33H,17H2,1-2H3. The average molecular weight is 612 g/mol. The van der Waals surface area contributed by atoms with Crippen molar-refractivity contribution in [2.45, 2.75) is 13.5 Å². The van der Waals surface area contributed by atoms with Crippen LogP contribution in [0.2, 0.25) is 0 Å². The van der Waals surface area contributed by atoms with Crippen LogP contribution in [0.3, 0.4) is 0 Å². The van der Waals surface area contributed by atoms with Gasteiger partial charge in [0.1, 0.15) is 11.7 Å². The van der Waals surface area contributed by atoms with Gasteiger partial charge in [-0.1, -0.05) is 72.3 Å². The third kappa shape index (κ3) is 4.94. The van der Waals surface area contributed by atoms with Crippen molar-refractivity contribution in [1.82, 2.24) is 5.01 Å². The number of nitrogens with one attached hydrogen (secondary N) is 1. The van der Waals surface area contributed by atoms with Gasteiger partial charge in [-0.3, -0.25) is 10.2 Å². The van der Waals surface area contributed by atoms with Crippen molar-refractivity contribution in [3.8, 4) is 11.5 Å². The number of benzene rings is 4. The maximum atomic E-state index is 13.0. The van der Waals surface area contributed by atoms with E-state index in [0.29, 0.717) is 38.4 Å². The largest absolute Gasteiger partial charge is 0.493 e. The van der Waals surface area contributed by atoms with Gasteiger partial charge in [-0.25, -0.2) is 0 Å². The molecule has 2 aliphatic rings. The minimum absolute atomic E-state index is 0.0315. The van der Waals surface area contributed by atoms with E-state index in [9.17, 15) is 4.79 Å². The second-order valence-corrected chi connectivity index (χ2v) is 11.1. The Hall–Kier alpha value is -4.21. The molecule has 0 radical (unpaired) electrons. The molecule has 1 amide bonds. The van der Waals surface area contributed by atoms with Crippen molar-refractivity contribution >= 4 is 66.5 Å². The summed E-state index contributed by atoms with van der Waals surface area (Å²) in [6, 6.07) is 25.8. The number of hydrogen-bond donors (Lipinski definition) is 1. The van der Waals surface area contributed by atoms with Crippen LogP contribution < -0.4 is 9.47 Å². The van der Waals surface area contributed by atoms with Crippen LogP contribution in [0.1, 0.15) is 22.3 Å². The van der Waals surface area contributed by atoms with E-state index in [-0.39, 0.29) is 11.4 Å². The quantitative estimate of drug-likeness (QED) is 0.234. The second-order valence-electron chi connectivity index (χ2n) is 9.25. The number of ether oxygens (including phenoxy) is 2. The van der Waals surface area contributed by atoms with E-state index in [4.69, 9.17) is 14.9 Å². The molecule has 0 unspecified atom stereocenters. The van der Waals surface area contributed by atoms with Crippen molar-refractivity contribution in [2.75, 3.05) is 7.11 Å². The highest BCUT2D eigenvalue weighted by Gasteiger charge is 2.36. The number of methoxy groups -OCH3 is 1. The first-order valence-electron chi connectivity index (χ1n) is 12.5. The summed E-state index contributed by atoms with van der Waals surface area (Å²) in [6.45, 7) is 2.37. The van der Waals surface area contributed by atoms with Gasteiger partial charge in [-0.15, -0.1) is 0 Å². The molecule has 0 aromatic heterocycles. The van der Waals surface area contributed by atoms with Crippen LogP contribution in [0, 0.1) is 12.3 Å². The number of fused-ring (bicyclic) bond motifs is 2. The number of aliphatic imine (C=N–C) groups is 1. The third-order valence-corrected chi connectivity index (χ3v) is 8.11. The summed E-state index contributed by atoms with van der Waals surface area (Å²) in [6.07, 6.45) is 1.62. The van der Waals surface area contributed by atoms with Crippen molar-refractivity contribution in [2.24, 2.45) is 10.1 Å². The molecule has 7 nitrogen and oxygen atoms in total. The Morgan fingerprint density at radius 3 is 2.62 bits per heavy atom. The third-order valence-electron chi connectivity index (χ3n) is 6.57. The number of carbonyl (C=O) groups excluding carboxylic acids is 1. The zero-order valence-corrected chi connectivity index (χ0v) is 24.0. The van der Waals surface area contributed by atoms with E-state index in [0.717, 1.165) is 27.5 Å². The van der Waals surface area contributed by atoms with E-state index < -0.39 is 5.91 Å². The van der Waals surface area contributed by atoms with Gasteiger partial charge in [0.05, 0.1) is 17.2 Å². The summed E-state index contributed by atoms with van der Waals surface area (Å²) in [5, 5.41) is 18.0. The van der Waals surface area contributed by atoms with Gasteiger partial charge >= 0.3 is 0 Å². The van der Waals surface area contributed by atoms with Crippen LogP contribution in [-0.2, 0) is 11.4 Å². The molecule has 40 heavy (non-hydrogen) atoms. The summed E-state index contributed by atoms with van der Waals surface area (Å²) in [4.78, 5) is 17.2. The number of aryl methyl sites for hydroxylation is 1. The average Bonchev–Trinajstić information content (AvgIpc) is 3.39. The molecule has 0 atom stereocenters. The van der Waals surface area contributed by atoms with Gasteiger partial charge in [-0.2, -0.15) is 15.1 Å². The highest BCUT2D eigenvalue weighted by atomic mass is 79.9. The first-order chi connectivity index (χ1) is 19.4. The highest BCUT2D eigenvalue weighted by molar-refractivity contribution is 9.10. The lowest BCUT2D eigenvalue weighted by Gasteiger charge is -2.20. The molecule has 1 N–H and O–H groups in total. The Balaban J connectivity index is 1.27. The van der Waals surface area contributed by atoms with Gasteiger partial charge in [0, 0.05) is 5.56 Å². The zero-order valence-electron chi connectivity index (χ0n) is 21.6. The molecule has 4 aromatic rings. The Morgan fingerprint density at radius 1 is 1.05 bits per heavy atom. The molecule has 0 bridgehead atoms. The molecule has 6 rings (SSSR count). The Kier molecular flexibility index (Phi) is 7.00. The van der Waals surface area contributed by atoms with Crippen LogP contribution in [0.25, 0.3) is 16.8 Å². The first-order valence-corrected chi connectivity index (χ1v) is 14.1. The molecule has 0 fully saturated rings. The number of hydrogen-bond acceptors (Lipinski definition) is 6. The fraction of sp³-hybridized carbons (Fsp3) is 0.0968. The number of rotatable bonds is 6. The lowest BCUT2D eigenvalue weighted by atomic mass is 10.1. The van der Waals surface area contributed by atoms with Crippen molar-refractivity contribution in [3.05, 3.63) is 111 Å². The van der Waals surface area contributed by atoms with E-state index in [2.05, 4.69) is 44.2 Å². The maximum Gasteiger partial charge on any atom is 0.283 e.